The van der Waals surface area contributed by atoms with Crippen LogP contribution in [0, 0.1) is 0 Å². The predicted octanol–water partition coefficient (Wildman–Crippen LogP) is 0.468. The number of amides is 1. The van der Waals surface area contributed by atoms with Crippen molar-refractivity contribution in [1.29, 1.82) is 0 Å². The van der Waals surface area contributed by atoms with Crippen molar-refractivity contribution >= 4 is 18.1 Å². The molecule has 1 N–H and O–H groups in total. The molecule has 0 saturated carbocycles. The number of carbonyl (C=O) groups excluding carboxylic acids is 2. The number of aromatic nitrogens is 2. The molecule has 2 heterocycles. The normalized spacial score (nSPS) is 20.3. The Morgan fingerprint density at radius 1 is 1.44 bits per heavy atom. The summed E-state index contributed by atoms with van der Waals surface area (Å²) in [5.41, 5.74) is 0. The third-order valence-electron chi connectivity index (χ3n) is 2.99. The topological polar surface area (TPSA) is 75.2 Å². The van der Waals surface area contributed by atoms with E-state index in [1.165, 1.54) is 0 Å². The highest BCUT2D eigenvalue weighted by Crippen LogP contribution is 2.14. The van der Waals surface area contributed by atoms with E-state index in [9.17, 15) is 9.59 Å². The number of carbonyl (C=O) groups is 2. The van der Waals surface area contributed by atoms with Gasteiger partial charge in [0.25, 0.3) is 0 Å². The van der Waals surface area contributed by atoms with Crippen LogP contribution < -0.4 is 5.32 Å². The molecule has 0 spiro atoms. The van der Waals surface area contributed by atoms with E-state index in [1.807, 2.05) is 4.90 Å². The average molecular weight is 248 g/mol. The molecule has 1 atom stereocenters. The molecule has 0 aromatic carbocycles. The van der Waals surface area contributed by atoms with Crippen LogP contribution in [-0.2, 0) is 9.59 Å². The SMILES string of the molecule is O=CC1CCCCN1CC(=O)Nc1ncccn1. The number of rotatable bonds is 4. The van der Waals surface area contributed by atoms with E-state index in [2.05, 4.69) is 15.3 Å². The van der Waals surface area contributed by atoms with Gasteiger partial charge < -0.3 is 4.79 Å². The monoisotopic (exact) mass is 248 g/mol. The third kappa shape index (κ3) is 3.33. The van der Waals surface area contributed by atoms with E-state index in [0.717, 1.165) is 32.1 Å². The molecule has 1 saturated heterocycles. The van der Waals surface area contributed by atoms with Gasteiger partial charge in [0.15, 0.2) is 0 Å². The first-order chi connectivity index (χ1) is 8.79. The van der Waals surface area contributed by atoms with Crippen molar-refractivity contribution in [1.82, 2.24) is 14.9 Å². The molecule has 96 valence electrons. The van der Waals surface area contributed by atoms with Crippen LogP contribution in [-0.4, -0.2) is 46.2 Å². The first-order valence-corrected chi connectivity index (χ1v) is 6.06. The lowest BCUT2D eigenvalue weighted by Crippen LogP contribution is -2.44. The largest absolute Gasteiger partial charge is 0.302 e. The number of likely N-dealkylation sites (tertiary alicyclic amines) is 1. The zero-order valence-electron chi connectivity index (χ0n) is 10.1. The molecular weight excluding hydrogens is 232 g/mol. The highest BCUT2D eigenvalue weighted by atomic mass is 16.2. The zero-order valence-corrected chi connectivity index (χ0v) is 10.1. The minimum atomic E-state index is -0.185. The summed E-state index contributed by atoms with van der Waals surface area (Å²) in [7, 11) is 0. The lowest BCUT2D eigenvalue weighted by molar-refractivity contribution is -0.120. The van der Waals surface area contributed by atoms with Gasteiger partial charge in [-0.1, -0.05) is 6.42 Å². The van der Waals surface area contributed by atoms with Gasteiger partial charge in [-0.05, 0) is 25.5 Å². The fourth-order valence-corrected chi connectivity index (χ4v) is 2.08. The minimum absolute atomic E-state index is 0.138. The van der Waals surface area contributed by atoms with E-state index >= 15 is 0 Å². The maximum absolute atomic E-state index is 11.8. The van der Waals surface area contributed by atoms with Crippen LogP contribution in [0.1, 0.15) is 19.3 Å². The number of nitrogens with one attached hydrogen (secondary N) is 1. The second-order valence-corrected chi connectivity index (χ2v) is 4.29. The number of hydrogen-bond acceptors (Lipinski definition) is 5. The Morgan fingerprint density at radius 3 is 2.94 bits per heavy atom. The van der Waals surface area contributed by atoms with Gasteiger partial charge in [0.05, 0.1) is 12.6 Å². The molecule has 1 aromatic rings. The number of piperidine rings is 1. The number of hydrogen-bond donors (Lipinski definition) is 1. The minimum Gasteiger partial charge on any atom is -0.302 e. The van der Waals surface area contributed by atoms with E-state index in [0.29, 0.717) is 5.95 Å². The van der Waals surface area contributed by atoms with Crippen LogP contribution in [0.2, 0.25) is 0 Å². The Morgan fingerprint density at radius 2 is 2.22 bits per heavy atom. The highest BCUT2D eigenvalue weighted by Gasteiger charge is 2.23. The molecule has 0 aliphatic carbocycles. The van der Waals surface area contributed by atoms with Crippen molar-refractivity contribution in [2.24, 2.45) is 0 Å². The summed E-state index contributed by atoms with van der Waals surface area (Å²) in [5.74, 6) is 0.108. The van der Waals surface area contributed by atoms with Crippen LogP contribution in [0.25, 0.3) is 0 Å². The van der Waals surface area contributed by atoms with Gasteiger partial charge >= 0.3 is 0 Å². The Kier molecular flexibility index (Phi) is 4.35. The van der Waals surface area contributed by atoms with E-state index in [-0.39, 0.29) is 18.5 Å². The van der Waals surface area contributed by atoms with Gasteiger partial charge in [-0.3, -0.25) is 15.0 Å². The van der Waals surface area contributed by atoms with Crippen molar-refractivity contribution in [3.8, 4) is 0 Å². The quantitative estimate of drug-likeness (QED) is 0.784. The van der Waals surface area contributed by atoms with Crippen LogP contribution in [0.15, 0.2) is 18.5 Å². The molecular formula is C12H16N4O2. The summed E-state index contributed by atoms with van der Waals surface area (Å²) < 4.78 is 0. The highest BCUT2D eigenvalue weighted by molar-refractivity contribution is 5.90. The summed E-state index contributed by atoms with van der Waals surface area (Å²) in [6, 6.07) is 1.55. The second kappa shape index (κ2) is 6.20. The van der Waals surface area contributed by atoms with Gasteiger partial charge in [0.1, 0.15) is 6.29 Å². The molecule has 1 unspecified atom stereocenters. The van der Waals surface area contributed by atoms with Crippen molar-refractivity contribution in [3.05, 3.63) is 18.5 Å². The standard InChI is InChI=1S/C12H16N4O2/c17-9-10-4-1-2-7-16(10)8-11(18)15-12-13-5-3-6-14-12/h3,5-6,9-10H,1-2,4,7-8H2,(H,13,14,15,18). The van der Waals surface area contributed by atoms with Gasteiger partial charge in [0.2, 0.25) is 11.9 Å². The Labute approximate surface area is 105 Å². The molecule has 1 amide bonds. The third-order valence-corrected chi connectivity index (χ3v) is 2.99. The molecule has 6 heteroatoms. The second-order valence-electron chi connectivity index (χ2n) is 4.29. The average Bonchev–Trinajstić information content (AvgIpc) is 2.40. The molecule has 1 fully saturated rings. The fraction of sp³-hybridized carbons (Fsp3) is 0.500. The van der Waals surface area contributed by atoms with E-state index in [4.69, 9.17) is 0 Å². The van der Waals surface area contributed by atoms with Crippen LogP contribution >= 0.6 is 0 Å². The summed E-state index contributed by atoms with van der Waals surface area (Å²) >= 11 is 0. The molecule has 1 aliphatic heterocycles. The van der Waals surface area contributed by atoms with Crippen molar-refractivity contribution in [3.63, 3.8) is 0 Å². The molecule has 18 heavy (non-hydrogen) atoms. The van der Waals surface area contributed by atoms with E-state index < -0.39 is 0 Å². The van der Waals surface area contributed by atoms with Crippen LogP contribution in [0.5, 0.6) is 0 Å². The lowest BCUT2D eigenvalue weighted by atomic mass is 10.0. The Balaban J connectivity index is 1.88. The predicted molar refractivity (Wildman–Crippen MR) is 65.9 cm³/mol. The van der Waals surface area contributed by atoms with Gasteiger partial charge in [-0.25, -0.2) is 9.97 Å². The maximum Gasteiger partial charge on any atom is 0.240 e. The van der Waals surface area contributed by atoms with Gasteiger partial charge in [0, 0.05) is 12.4 Å². The van der Waals surface area contributed by atoms with Crippen molar-refractivity contribution in [2.45, 2.75) is 25.3 Å². The Bertz CT molecular complexity index is 410. The smallest absolute Gasteiger partial charge is 0.240 e. The molecule has 0 radical (unpaired) electrons. The van der Waals surface area contributed by atoms with Gasteiger partial charge in [-0.15, -0.1) is 0 Å². The number of nitrogens with zero attached hydrogens (tertiary/aromatic N) is 3. The summed E-state index contributed by atoms with van der Waals surface area (Å²) in [6.45, 7) is 0.994. The number of aldehydes is 1. The fourth-order valence-electron chi connectivity index (χ4n) is 2.08. The maximum atomic E-state index is 11.8. The summed E-state index contributed by atoms with van der Waals surface area (Å²) in [5, 5.41) is 2.62. The molecule has 6 nitrogen and oxygen atoms in total. The van der Waals surface area contributed by atoms with Gasteiger partial charge in [-0.2, -0.15) is 0 Å². The lowest BCUT2D eigenvalue weighted by Gasteiger charge is -2.31. The molecule has 2 rings (SSSR count). The van der Waals surface area contributed by atoms with Crippen molar-refractivity contribution in [2.75, 3.05) is 18.4 Å². The first kappa shape index (κ1) is 12.6. The molecule has 1 aliphatic rings. The molecule has 0 bridgehead atoms. The van der Waals surface area contributed by atoms with Crippen molar-refractivity contribution < 1.29 is 9.59 Å². The van der Waals surface area contributed by atoms with Crippen LogP contribution in [0.3, 0.4) is 0 Å². The zero-order chi connectivity index (χ0) is 12.8. The summed E-state index contributed by atoms with van der Waals surface area (Å²) in [4.78, 5) is 32.4. The number of anilines is 1. The molecule has 1 aromatic heterocycles. The first-order valence-electron chi connectivity index (χ1n) is 6.06. The van der Waals surface area contributed by atoms with E-state index in [1.54, 1.807) is 18.5 Å². The Hall–Kier alpha value is -1.82. The summed E-state index contributed by atoms with van der Waals surface area (Å²) in [6.07, 6.45) is 6.96. The van der Waals surface area contributed by atoms with Crippen LogP contribution in [0.4, 0.5) is 5.95 Å².